The lowest BCUT2D eigenvalue weighted by Crippen LogP contribution is -2.20. The minimum atomic E-state index is -4.48. The fraction of sp³-hybridized carbons (Fsp3) is 0.111. The molecule has 0 radical (unpaired) electrons. The largest absolute Gasteiger partial charge is 0.376 e. The van der Waals surface area contributed by atoms with Crippen molar-refractivity contribution in [3.63, 3.8) is 0 Å². The topological polar surface area (TPSA) is 173 Å². The fourth-order valence-electron chi connectivity index (χ4n) is 3.95. The molecule has 0 fully saturated rings. The number of hydrogen-bond acceptors (Lipinski definition) is 10. The Morgan fingerprint density at radius 2 is 0.844 bits per heavy atom. The Kier molecular flexibility index (Phi) is 9.59. The number of hydrogen-bond donors (Lipinski definition) is 0. The molecule has 0 bridgehead atoms. The van der Waals surface area contributed by atoms with Crippen LogP contribution in [0, 0.1) is 20.2 Å². The first kappa shape index (κ1) is 34.2. The van der Waals surface area contributed by atoms with E-state index < -0.39 is 35.5 Å². The van der Waals surface area contributed by atoms with Crippen molar-refractivity contribution in [3.05, 3.63) is 124 Å². The molecule has 0 spiro atoms. The quantitative estimate of drug-likeness (QED) is 0.0883. The second-order valence-electron chi connectivity index (χ2n) is 9.74. The van der Waals surface area contributed by atoms with E-state index in [4.69, 9.17) is 54.8 Å². The van der Waals surface area contributed by atoms with Gasteiger partial charge in [-0.25, -0.2) is 0 Å². The van der Waals surface area contributed by atoms with E-state index in [9.17, 15) is 37.1 Å². The molecule has 0 saturated heterocycles. The van der Waals surface area contributed by atoms with Crippen LogP contribution in [0.3, 0.4) is 0 Å². The van der Waals surface area contributed by atoms with Gasteiger partial charge in [0.1, 0.15) is 9.79 Å². The van der Waals surface area contributed by atoms with E-state index in [1.807, 2.05) is 0 Å². The molecule has 0 aliphatic rings. The molecule has 0 atom stereocenters. The number of nitro benzene ring substituents is 2. The molecule has 18 heteroatoms. The Labute approximate surface area is 276 Å². The summed E-state index contributed by atoms with van der Waals surface area (Å²) >= 11 is 25.6. The summed E-state index contributed by atoms with van der Waals surface area (Å²) in [6, 6.07) is 13.6. The summed E-state index contributed by atoms with van der Waals surface area (Å²) in [6.45, 7) is 3.47. The second kappa shape index (κ2) is 12.6. The Hall–Kier alpha value is -3.66. The molecule has 0 aromatic heterocycles. The van der Waals surface area contributed by atoms with Crippen molar-refractivity contribution < 1.29 is 35.0 Å². The molecular weight excluding hydrogens is 718 g/mol. The van der Waals surface area contributed by atoms with Crippen LogP contribution in [0.15, 0.2) is 82.6 Å². The number of nitro groups is 2. The molecule has 4 aromatic carbocycles. The Bertz CT molecular complexity index is 1860. The molecule has 0 aliphatic heterocycles. The predicted molar refractivity (Wildman–Crippen MR) is 167 cm³/mol. The average Bonchev–Trinajstić information content (AvgIpc) is 2.96. The highest BCUT2D eigenvalue weighted by Gasteiger charge is 2.30. The van der Waals surface area contributed by atoms with Gasteiger partial charge in [-0.15, -0.1) is 0 Å². The van der Waals surface area contributed by atoms with Crippen LogP contribution in [0.4, 0.5) is 11.4 Å². The van der Waals surface area contributed by atoms with Gasteiger partial charge in [0.2, 0.25) is 0 Å². The first-order valence-electron chi connectivity index (χ1n) is 12.2. The van der Waals surface area contributed by atoms with Gasteiger partial charge in [-0.1, -0.05) is 60.3 Å². The van der Waals surface area contributed by atoms with Crippen molar-refractivity contribution in [3.8, 4) is 11.5 Å². The number of rotatable bonds is 10. The van der Waals surface area contributed by atoms with Gasteiger partial charge < -0.3 is 8.37 Å². The molecule has 0 heterocycles. The van der Waals surface area contributed by atoms with Gasteiger partial charge in [0.05, 0.1) is 29.9 Å². The number of nitrogens with zero attached hydrogens (tertiary/aromatic N) is 2. The van der Waals surface area contributed by atoms with Crippen LogP contribution in [0.25, 0.3) is 0 Å². The summed E-state index contributed by atoms with van der Waals surface area (Å²) in [4.78, 5) is 19.6. The van der Waals surface area contributed by atoms with Crippen LogP contribution in [-0.4, -0.2) is 26.7 Å². The molecule has 0 aliphatic carbocycles. The van der Waals surface area contributed by atoms with Crippen molar-refractivity contribution in [1.82, 2.24) is 0 Å². The maximum Gasteiger partial charge on any atom is 0.339 e. The van der Waals surface area contributed by atoms with Gasteiger partial charge in [0.15, 0.2) is 11.5 Å². The molecule has 12 nitrogen and oxygen atoms in total. The van der Waals surface area contributed by atoms with Crippen molar-refractivity contribution in [2.75, 3.05) is 0 Å². The second-order valence-corrected chi connectivity index (χ2v) is 14.5. The van der Waals surface area contributed by atoms with Gasteiger partial charge in [-0.05, 0) is 59.7 Å². The third-order valence-corrected chi connectivity index (χ3v) is 10.1. The first-order chi connectivity index (χ1) is 20.8. The zero-order valence-corrected chi connectivity index (χ0v) is 27.4. The number of non-ortho nitro benzene ring substituents is 2. The van der Waals surface area contributed by atoms with Crippen molar-refractivity contribution >= 4 is 78.0 Å². The SMILES string of the molecule is CC(C)(c1cc(Cl)c(OS(=O)(=O)c2ccc([N+](=O)[O-])cc2)c(Cl)c1)c1cc(Cl)c(OS(=O)(=O)c2ccc([N+](=O)[O-])cc2)c(Cl)c1. The third kappa shape index (κ3) is 7.27. The Morgan fingerprint density at radius 3 is 1.09 bits per heavy atom. The Morgan fingerprint density at radius 1 is 0.578 bits per heavy atom. The first-order valence-corrected chi connectivity index (χ1v) is 16.5. The number of benzene rings is 4. The maximum atomic E-state index is 12.8. The molecule has 45 heavy (non-hydrogen) atoms. The number of halogens is 4. The van der Waals surface area contributed by atoms with Crippen LogP contribution in [0.5, 0.6) is 11.5 Å². The summed E-state index contributed by atoms with van der Waals surface area (Å²) < 4.78 is 61.6. The summed E-state index contributed by atoms with van der Waals surface area (Å²) in [6.07, 6.45) is 0. The predicted octanol–water partition coefficient (Wildman–Crippen LogP) is 7.98. The fourth-order valence-corrected chi connectivity index (χ4v) is 7.19. The lowest BCUT2D eigenvalue weighted by Gasteiger charge is -2.28. The van der Waals surface area contributed by atoms with Gasteiger partial charge in [0.25, 0.3) is 11.4 Å². The maximum absolute atomic E-state index is 12.8. The van der Waals surface area contributed by atoms with E-state index in [0.717, 1.165) is 48.5 Å². The average molecular weight is 736 g/mol. The Balaban J connectivity index is 1.62. The monoisotopic (exact) mass is 734 g/mol. The molecule has 4 rings (SSSR count). The molecule has 0 N–H and O–H groups in total. The van der Waals surface area contributed by atoms with E-state index in [0.29, 0.717) is 11.1 Å². The van der Waals surface area contributed by atoms with Crippen LogP contribution >= 0.6 is 46.4 Å². The van der Waals surface area contributed by atoms with E-state index in [2.05, 4.69) is 0 Å². The minimum absolute atomic E-state index is 0.178. The highest BCUT2D eigenvalue weighted by molar-refractivity contribution is 7.87. The molecule has 4 aromatic rings. The zero-order valence-electron chi connectivity index (χ0n) is 22.7. The van der Waals surface area contributed by atoms with Gasteiger partial charge >= 0.3 is 20.2 Å². The van der Waals surface area contributed by atoms with Crippen LogP contribution in [0.1, 0.15) is 25.0 Å². The lowest BCUT2D eigenvalue weighted by molar-refractivity contribution is -0.385. The molecular formula is C27H18Cl4N2O10S2. The molecule has 0 saturated carbocycles. The van der Waals surface area contributed by atoms with Crippen molar-refractivity contribution in [1.29, 1.82) is 0 Å². The van der Waals surface area contributed by atoms with E-state index in [1.54, 1.807) is 13.8 Å². The standard InChI is InChI=1S/C27H18Cl4N2O10S2/c1-27(2,15-11-21(28)25(22(29)12-15)42-44(38,39)19-7-3-17(4-8-19)32(34)35)16-13-23(30)26(24(31)14-16)43-45(40,41)20-9-5-18(6-10-20)33(36)37/h3-14H,1-2H3. The summed E-state index contributed by atoms with van der Waals surface area (Å²) in [7, 11) is -8.96. The summed E-state index contributed by atoms with van der Waals surface area (Å²) in [5.74, 6) is -0.764. The minimum Gasteiger partial charge on any atom is -0.376 e. The lowest BCUT2D eigenvalue weighted by atomic mass is 9.78. The zero-order chi connectivity index (χ0) is 33.5. The molecule has 236 valence electrons. The van der Waals surface area contributed by atoms with E-state index >= 15 is 0 Å². The van der Waals surface area contributed by atoms with Gasteiger partial charge in [-0.2, -0.15) is 16.8 Å². The summed E-state index contributed by atoms with van der Waals surface area (Å²) in [5.41, 5.74) is -0.689. The normalized spacial score (nSPS) is 12.0. The highest BCUT2D eigenvalue weighted by Crippen LogP contribution is 2.45. The van der Waals surface area contributed by atoms with E-state index in [-0.39, 0.29) is 52.8 Å². The van der Waals surface area contributed by atoms with Crippen LogP contribution < -0.4 is 8.37 Å². The van der Waals surface area contributed by atoms with Crippen molar-refractivity contribution in [2.24, 2.45) is 0 Å². The molecule has 0 amide bonds. The molecule has 0 unspecified atom stereocenters. The van der Waals surface area contributed by atoms with Crippen molar-refractivity contribution in [2.45, 2.75) is 29.1 Å². The third-order valence-electron chi connectivity index (χ3n) is 6.50. The van der Waals surface area contributed by atoms with E-state index in [1.165, 1.54) is 24.3 Å². The van der Waals surface area contributed by atoms with Gasteiger partial charge in [-0.3, -0.25) is 20.2 Å². The van der Waals surface area contributed by atoms with Crippen LogP contribution in [0.2, 0.25) is 20.1 Å². The van der Waals surface area contributed by atoms with Crippen LogP contribution in [-0.2, 0) is 25.7 Å². The smallest absolute Gasteiger partial charge is 0.339 e. The van der Waals surface area contributed by atoms with Gasteiger partial charge in [0, 0.05) is 29.7 Å². The highest BCUT2D eigenvalue weighted by atomic mass is 35.5. The summed E-state index contributed by atoms with van der Waals surface area (Å²) in [5, 5.41) is 21.0.